The van der Waals surface area contributed by atoms with Gasteiger partial charge in [-0.3, -0.25) is 9.69 Å². The number of amides is 1. The van der Waals surface area contributed by atoms with E-state index in [-0.39, 0.29) is 24.2 Å². The number of nitrogens with zero attached hydrogens (tertiary/aromatic N) is 2. The fourth-order valence-electron chi connectivity index (χ4n) is 4.07. The van der Waals surface area contributed by atoms with Crippen molar-refractivity contribution < 1.29 is 9.18 Å². The van der Waals surface area contributed by atoms with Gasteiger partial charge in [0.1, 0.15) is 5.82 Å². The summed E-state index contributed by atoms with van der Waals surface area (Å²) in [5.74, 6) is -0.231. The molecule has 30 heavy (non-hydrogen) atoms. The van der Waals surface area contributed by atoms with Gasteiger partial charge in [-0.1, -0.05) is 60.7 Å². The van der Waals surface area contributed by atoms with E-state index in [0.717, 1.165) is 22.2 Å². The Hall–Kier alpha value is -2.25. The van der Waals surface area contributed by atoms with E-state index in [1.165, 1.54) is 23.3 Å². The maximum atomic E-state index is 13.6. The topological polar surface area (TPSA) is 23.6 Å². The van der Waals surface area contributed by atoms with Crippen molar-refractivity contribution in [2.24, 2.45) is 0 Å². The molecule has 0 atom stereocenters. The molecule has 0 spiro atoms. The molecule has 0 saturated carbocycles. The van der Waals surface area contributed by atoms with Gasteiger partial charge in [0.25, 0.3) is 0 Å². The van der Waals surface area contributed by atoms with E-state index < -0.39 is 0 Å². The molecule has 1 amide bonds. The van der Waals surface area contributed by atoms with Gasteiger partial charge in [0.05, 0.1) is 12.5 Å². The summed E-state index contributed by atoms with van der Waals surface area (Å²) in [7, 11) is 0. The Morgan fingerprint density at radius 2 is 1.43 bits per heavy atom. The molecule has 0 aromatic heterocycles. The first-order chi connectivity index (χ1) is 14.6. The van der Waals surface area contributed by atoms with Crippen molar-refractivity contribution >= 4 is 28.5 Å². The number of hydrogen-bond acceptors (Lipinski definition) is 2. The Kier molecular flexibility index (Phi) is 6.79. The van der Waals surface area contributed by atoms with Gasteiger partial charge < -0.3 is 4.90 Å². The van der Waals surface area contributed by atoms with E-state index in [4.69, 9.17) is 0 Å². The van der Waals surface area contributed by atoms with Crippen LogP contribution in [0.2, 0.25) is 0 Å². The molecule has 1 saturated heterocycles. The highest BCUT2D eigenvalue weighted by Gasteiger charge is 2.28. The van der Waals surface area contributed by atoms with Crippen LogP contribution in [0.1, 0.15) is 22.7 Å². The molecular weight excluding hydrogens is 490 g/mol. The Morgan fingerprint density at radius 1 is 0.867 bits per heavy atom. The lowest BCUT2D eigenvalue weighted by molar-refractivity contribution is -0.132. The van der Waals surface area contributed by atoms with Crippen LogP contribution in [0, 0.1) is 9.39 Å². The van der Waals surface area contributed by atoms with Crippen LogP contribution in [0.5, 0.6) is 0 Å². The number of benzene rings is 3. The third-order valence-electron chi connectivity index (χ3n) is 5.61. The van der Waals surface area contributed by atoms with Gasteiger partial charge in [-0.2, -0.15) is 0 Å². The van der Waals surface area contributed by atoms with E-state index in [1.807, 2.05) is 17.0 Å². The predicted molar refractivity (Wildman–Crippen MR) is 126 cm³/mol. The fourth-order valence-corrected chi connectivity index (χ4v) is 4.59. The van der Waals surface area contributed by atoms with Gasteiger partial charge in [0.2, 0.25) is 5.91 Å². The summed E-state index contributed by atoms with van der Waals surface area (Å²) in [4.78, 5) is 17.2. The quantitative estimate of drug-likeness (QED) is 0.452. The van der Waals surface area contributed by atoms with Gasteiger partial charge in [-0.25, -0.2) is 4.39 Å². The van der Waals surface area contributed by atoms with E-state index in [9.17, 15) is 9.18 Å². The van der Waals surface area contributed by atoms with Crippen molar-refractivity contribution in [1.82, 2.24) is 9.80 Å². The molecule has 1 fully saturated rings. The van der Waals surface area contributed by atoms with Crippen molar-refractivity contribution in [3.63, 3.8) is 0 Å². The minimum Gasteiger partial charge on any atom is -0.340 e. The first-order valence-corrected chi connectivity index (χ1v) is 11.3. The number of hydrogen-bond donors (Lipinski definition) is 0. The smallest absolute Gasteiger partial charge is 0.227 e. The summed E-state index contributed by atoms with van der Waals surface area (Å²) in [5.41, 5.74) is 3.28. The zero-order valence-corrected chi connectivity index (χ0v) is 18.8. The third-order valence-corrected chi connectivity index (χ3v) is 6.66. The van der Waals surface area contributed by atoms with Crippen LogP contribution >= 0.6 is 22.6 Å². The highest BCUT2D eigenvalue weighted by Crippen LogP contribution is 2.29. The Bertz CT molecular complexity index is 949. The molecule has 0 unspecified atom stereocenters. The first kappa shape index (κ1) is 21.0. The number of rotatable bonds is 5. The van der Waals surface area contributed by atoms with Crippen LogP contribution in [0.25, 0.3) is 0 Å². The molecule has 5 heteroatoms. The number of carbonyl (C=O) groups is 1. The Labute approximate surface area is 190 Å². The summed E-state index contributed by atoms with van der Waals surface area (Å²) < 4.78 is 14.5. The van der Waals surface area contributed by atoms with Crippen LogP contribution in [0.15, 0.2) is 78.9 Å². The van der Waals surface area contributed by atoms with Crippen molar-refractivity contribution in [2.75, 3.05) is 26.2 Å². The average Bonchev–Trinajstić information content (AvgIpc) is 2.78. The highest BCUT2D eigenvalue weighted by molar-refractivity contribution is 14.1. The highest BCUT2D eigenvalue weighted by atomic mass is 127. The van der Waals surface area contributed by atoms with Crippen LogP contribution in [0.3, 0.4) is 0 Å². The maximum Gasteiger partial charge on any atom is 0.227 e. The van der Waals surface area contributed by atoms with Crippen LogP contribution in [0.4, 0.5) is 4.39 Å². The third kappa shape index (κ3) is 4.90. The van der Waals surface area contributed by atoms with E-state index >= 15 is 0 Å². The van der Waals surface area contributed by atoms with E-state index in [2.05, 4.69) is 76.0 Å². The molecule has 154 valence electrons. The zero-order valence-electron chi connectivity index (χ0n) is 16.7. The van der Waals surface area contributed by atoms with Crippen LogP contribution in [-0.2, 0) is 11.2 Å². The first-order valence-electron chi connectivity index (χ1n) is 10.2. The lowest BCUT2D eigenvalue weighted by Crippen LogP contribution is -2.50. The fraction of sp³-hybridized carbons (Fsp3) is 0.240. The molecule has 4 rings (SSSR count). The molecule has 3 aromatic rings. The zero-order chi connectivity index (χ0) is 20.9. The van der Waals surface area contributed by atoms with Gasteiger partial charge in [0.15, 0.2) is 0 Å². The number of piperazine rings is 1. The van der Waals surface area contributed by atoms with Crippen molar-refractivity contribution in [3.05, 3.63) is 105 Å². The van der Waals surface area contributed by atoms with Crippen LogP contribution in [-0.4, -0.2) is 41.9 Å². The van der Waals surface area contributed by atoms with Gasteiger partial charge in [-0.15, -0.1) is 0 Å². The summed E-state index contributed by atoms with van der Waals surface area (Å²) >= 11 is 2.16. The lowest BCUT2D eigenvalue weighted by atomic mass is 9.96. The minimum atomic E-state index is -0.295. The number of carbonyl (C=O) groups excluding carboxylic acids is 1. The molecule has 0 bridgehead atoms. The second kappa shape index (κ2) is 9.71. The molecular formula is C25H24FIN2O. The monoisotopic (exact) mass is 514 g/mol. The van der Waals surface area contributed by atoms with Crippen molar-refractivity contribution in [1.29, 1.82) is 0 Å². The average molecular weight is 514 g/mol. The largest absolute Gasteiger partial charge is 0.340 e. The molecule has 1 aliphatic rings. The molecule has 3 aromatic carbocycles. The predicted octanol–water partition coefficient (Wildman–Crippen LogP) is 4.91. The summed E-state index contributed by atoms with van der Waals surface area (Å²) in [5, 5.41) is 0. The summed E-state index contributed by atoms with van der Waals surface area (Å²) in [6.45, 7) is 2.97. The molecule has 3 nitrogen and oxygen atoms in total. The van der Waals surface area contributed by atoms with Crippen LogP contribution < -0.4 is 0 Å². The maximum absolute atomic E-state index is 13.6. The van der Waals surface area contributed by atoms with Gasteiger partial charge >= 0.3 is 0 Å². The molecule has 0 N–H and O–H groups in total. The summed E-state index contributed by atoms with van der Waals surface area (Å²) in [6.07, 6.45) is 0.247. The lowest BCUT2D eigenvalue weighted by Gasteiger charge is -2.40. The number of halogens is 2. The molecule has 0 radical (unpaired) electrons. The second-order valence-corrected chi connectivity index (χ2v) is 8.72. The molecule has 0 aliphatic carbocycles. The Morgan fingerprint density at radius 3 is 2.00 bits per heavy atom. The van der Waals surface area contributed by atoms with Crippen molar-refractivity contribution in [2.45, 2.75) is 12.5 Å². The van der Waals surface area contributed by atoms with E-state index in [1.54, 1.807) is 6.07 Å². The van der Waals surface area contributed by atoms with Gasteiger partial charge in [0, 0.05) is 29.7 Å². The summed E-state index contributed by atoms with van der Waals surface area (Å²) in [6, 6.07) is 25.8. The van der Waals surface area contributed by atoms with E-state index in [0.29, 0.717) is 13.1 Å². The SMILES string of the molecule is O=C(Cc1cc(F)ccc1I)N1CCN(C(c2ccccc2)c2ccccc2)CC1. The molecule has 1 heterocycles. The second-order valence-electron chi connectivity index (χ2n) is 7.55. The normalized spacial score (nSPS) is 14.8. The van der Waals surface area contributed by atoms with Crippen molar-refractivity contribution in [3.8, 4) is 0 Å². The molecule has 1 aliphatic heterocycles. The van der Waals surface area contributed by atoms with Gasteiger partial charge in [-0.05, 0) is 57.5 Å². The minimum absolute atomic E-state index is 0.0640. The standard InChI is InChI=1S/C25H24FIN2O/c26-22-11-12-23(27)21(17-22)18-24(30)28-13-15-29(16-14-28)25(19-7-3-1-4-8-19)20-9-5-2-6-10-20/h1-12,17,25H,13-16,18H2. The Balaban J connectivity index is 1.46.